The molecule has 0 spiro atoms. The van der Waals surface area contributed by atoms with Crippen LogP contribution < -0.4 is 31.1 Å². The van der Waals surface area contributed by atoms with E-state index in [2.05, 4.69) is 278 Å². The third-order valence-corrected chi connectivity index (χ3v) is 26.7. The number of aliphatic imine (C=N–C) groups is 2. The predicted molar refractivity (Wildman–Crippen MR) is 529 cm³/mol. The predicted octanol–water partition coefficient (Wildman–Crippen LogP) is 27.0. The van der Waals surface area contributed by atoms with Crippen molar-refractivity contribution < 1.29 is 74.8 Å². The first kappa shape index (κ1) is 90.2. The van der Waals surface area contributed by atoms with Gasteiger partial charge in [-0.2, -0.15) is 0 Å². The molecule has 20 aromatic carbocycles. The zero-order valence-electron chi connectivity index (χ0n) is 72.8. The monoisotopic (exact) mass is 1780 g/mol. The molecule has 2 saturated carbocycles. The molecule has 12 heteroatoms. The molecule has 0 amide bonds. The second-order valence-corrected chi connectivity index (χ2v) is 34.2. The average molecular weight is 1780 g/mol. The Hall–Kier alpha value is -13.7. The summed E-state index contributed by atoms with van der Waals surface area (Å²) in [6.07, 6.45) is 11.6. The van der Waals surface area contributed by atoms with Gasteiger partial charge in [0.2, 0.25) is 0 Å². The zero-order valence-corrected chi connectivity index (χ0v) is 76.0. The Morgan fingerprint density at radius 3 is 0.727 bits per heavy atom. The van der Waals surface area contributed by atoms with E-state index in [1.54, 1.807) is 0 Å². The molecule has 0 unspecified atom stereocenters. The number of nitrogens with one attached hydrogen (secondary N) is 2. The van der Waals surface area contributed by atoms with Crippen LogP contribution in [-0.4, -0.2) is 36.6 Å². The summed E-state index contributed by atoms with van der Waals surface area (Å²) in [5, 5.41) is 84.2. The molecule has 4 atom stereocenters. The second kappa shape index (κ2) is 40.3. The van der Waals surface area contributed by atoms with E-state index in [0.717, 1.165) is 227 Å². The van der Waals surface area contributed by atoms with Gasteiger partial charge in [-0.15, -0.1) is 0 Å². The van der Waals surface area contributed by atoms with Crippen molar-refractivity contribution >= 4 is 98.6 Å². The molecule has 0 bridgehead atoms. The fourth-order valence-electron chi connectivity index (χ4n) is 20.4. The minimum atomic E-state index is -0.0571. The molecule has 2 aliphatic carbocycles. The molecular formula is C120H92N4O6Ti2. The number of hydrogen-bond donors (Lipinski definition) is 2. The molecular weight excluding hydrogens is 1690 g/mol. The van der Waals surface area contributed by atoms with Gasteiger partial charge in [0.05, 0.1) is 12.1 Å². The van der Waals surface area contributed by atoms with Gasteiger partial charge in [-0.3, -0.25) is 9.98 Å². The molecule has 132 heavy (non-hydrogen) atoms. The molecule has 636 valence electrons. The maximum atomic E-state index is 15.1. The van der Waals surface area contributed by atoms with Crippen molar-refractivity contribution in [3.8, 4) is 112 Å². The Balaban J connectivity index is 0.000000179. The van der Waals surface area contributed by atoms with Crippen LogP contribution >= 0.6 is 0 Å². The van der Waals surface area contributed by atoms with E-state index in [1.165, 1.54) is 0 Å². The minimum absolute atomic E-state index is 0. The van der Waals surface area contributed by atoms with Gasteiger partial charge in [-0.05, 0) is 235 Å². The van der Waals surface area contributed by atoms with E-state index in [9.17, 15) is 0 Å². The van der Waals surface area contributed by atoms with Crippen LogP contribution in [0.25, 0.3) is 175 Å². The van der Waals surface area contributed by atoms with E-state index >= 15 is 20.4 Å². The maximum absolute atomic E-state index is 15.1. The van der Waals surface area contributed by atoms with Crippen molar-refractivity contribution in [2.75, 3.05) is 0 Å². The number of nitrogens with zero attached hydrogens (tertiary/aromatic N) is 2. The Kier molecular flexibility index (Phi) is 27.6. The van der Waals surface area contributed by atoms with Crippen molar-refractivity contribution in [1.82, 2.24) is 10.6 Å². The van der Waals surface area contributed by atoms with Crippen molar-refractivity contribution in [3.63, 3.8) is 0 Å². The smallest absolute Gasteiger partial charge is 2.00 e. The molecule has 20 aromatic rings. The summed E-state index contributed by atoms with van der Waals surface area (Å²) in [4.78, 5) is 10.5. The van der Waals surface area contributed by atoms with Crippen molar-refractivity contribution in [3.05, 3.63) is 411 Å². The molecule has 0 aliphatic heterocycles. The standard InChI is InChI=1S/2C60H48N2O2.2O.2Ti/c2*63-59-45(35-43-23-9-13-27-49(43)57(59)55-47-25-11-7-21-41(47)31-33-51(55)39-17-3-1-4-18-39)37-61-53-29-15-16-30-54(53)62-38-46-36-44-24-10-14-28-50(44)58(60(46)64)56-48-26-12-8-22-42(48)32-34-52(56)40-19-5-2-6-20-40;;;;/h2*1-14,17-28,31-37,53-54,62-64H,15-16,29-30,38H2;;;;/q;;2*-2;2*+4/p-4/t2*53-,54-;;;;/m00..../s1. The van der Waals surface area contributed by atoms with E-state index in [4.69, 9.17) is 9.98 Å². The number of benzene rings is 20. The molecule has 0 saturated heterocycles. The van der Waals surface area contributed by atoms with Gasteiger partial charge in [0.25, 0.3) is 0 Å². The third-order valence-electron chi connectivity index (χ3n) is 26.7. The Morgan fingerprint density at radius 1 is 0.235 bits per heavy atom. The quantitative estimate of drug-likeness (QED) is 0.0633. The van der Waals surface area contributed by atoms with E-state index in [-0.39, 0.29) is 102 Å². The third kappa shape index (κ3) is 17.6. The largest absolute Gasteiger partial charge is 4.00 e. The van der Waals surface area contributed by atoms with Crippen LogP contribution in [0.2, 0.25) is 0 Å². The Labute approximate surface area is 798 Å². The van der Waals surface area contributed by atoms with Gasteiger partial charge >= 0.3 is 43.4 Å². The number of rotatable bonds is 18. The van der Waals surface area contributed by atoms with Crippen molar-refractivity contribution in [2.24, 2.45) is 9.98 Å². The number of hydrogen-bond acceptors (Lipinski definition) is 8. The van der Waals surface area contributed by atoms with Gasteiger partial charge in [0, 0.05) is 37.6 Å². The molecule has 0 heterocycles. The van der Waals surface area contributed by atoms with Crippen LogP contribution in [0.5, 0.6) is 23.0 Å². The minimum Gasteiger partial charge on any atom is -2.00 e. The Morgan fingerprint density at radius 2 is 0.455 bits per heavy atom. The fraction of sp³-hybridized carbons (Fsp3) is 0.117. The summed E-state index contributed by atoms with van der Waals surface area (Å²) >= 11 is 0. The van der Waals surface area contributed by atoms with Gasteiger partial charge in [0.1, 0.15) is 0 Å². The van der Waals surface area contributed by atoms with Crippen LogP contribution in [0.4, 0.5) is 0 Å². The summed E-state index contributed by atoms with van der Waals surface area (Å²) in [6.45, 7) is 0.824. The van der Waals surface area contributed by atoms with Crippen molar-refractivity contribution in [2.45, 2.75) is 88.6 Å². The molecule has 10 nitrogen and oxygen atoms in total. The SMILES string of the molecule is [O-2].[O-2].[O-]c1c(C=N[C@H]2CCCC[C@@H]2NCc2cc3ccccc3c(-c3c(-c4ccccc4)ccc4ccccc34)c2[O-])cc2ccccc2c1-c1c(-c2ccccc2)ccc2ccccc12.[O-]c1c(C=N[C@H]2CCCC[C@@H]2NCc2cc3ccccc3c(-c3c(-c4ccccc4)ccc4ccccc34)c2[O-])cc2ccccc2c1-c1c(-c2ccccc2)ccc2ccccc12.[Ti+4].[Ti+4]. The summed E-state index contributed by atoms with van der Waals surface area (Å²) in [5.74, 6) is 0.0239. The summed E-state index contributed by atoms with van der Waals surface area (Å²) < 4.78 is 0. The molecule has 2 aliphatic rings. The molecule has 0 radical (unpaired) electrons. The van der Waals surface area contributed by atoms with E-state index in [1.807, 2.05) is 134 Å². The topological polar surface area (TPSA) is 198 Å². The fourth-order valence-corrected chi connectivity index (χ4v) is 20.4. The molecule has 2 fully saturated rings. The number of fused-ring (bicyclic) bond motifs is 8. The Bertz CT molecular complexity index is 7230. The van der Waals surface area contributed by atoms with Crippen LogP contribution in [0.15, 0.2) is 398 Å². The first-order valence-corrected chi connectivity index (χ1v) is 44.9. The summed E-state index contributed by atoms with van der Waals surface area (Å²) in [6, 6.07) is 133. The maximum Gasteiger partial charge on any atom is 4.00 e. The summed E-state index contributed by atoms with van der Waals surface area (Å²) in [7, 11) is 0. The van der Waals surface area contributed by atoms with E-state index < -0.39 is 0 Å². The van der Waals surface area contributed by atoms with Crippen molar-refractivity contribution in [1.29, 1.82) is 0 Å². The van der Waals surface area contributed by atoms with Crippen LogP contribution in [0.1, 0.15) is 73.6 Å². The van der Waals surface area contributed by atoms with Gasteiger partial charge in [-0.1, -0.05) is 425 Å². The first-order valence-electron chi connectivity index (χ1n) is 44.9. The normalized spacial score (nSPS) is 15.0. The second-order valence-electron chi connectivity index (χ2n) is 34.2. The van der Waals surface area contributed by atoms with Crippen LogP contribution in [0, 0.1) is 0 Å². The van der Waals surface area contributed by atoms with Crippen LogP contribution in [-0.2, 0) is 67.5 Å². The van der Waals surface area contributed by atoms with Crippen LogP contribution in [0.3, 0.4) is 0 Å². The first-order chi connectivity index (χ1) is 63.2. The van der Waals surface area contributed by atoms with E-state index in [0.29, 0.717) is 35.3 Å². The summed E-state index contributed by atoms with van der Waals surface area (Å²) in [5.41, 5.74) is 17.7. The average Bonchev–Trinajstić information content (AvgIpc) is 0.754. The molecule has 0 aromatic heterocycles. The molecule has 22 rings (SSSR count). The molecule has 2 N–H and O–H groups in total. The van der Waals surface area contributed by atoms with Gasteiger partial charge in [0.15, 0.2) is 0 Å². The zero-order chi connectivity index (χ0) is 86.0. The van der Waals surface area contributed by atoms with Gasteiger partial charge in [-0.25, -0.2) is 0 Å². The van der Waals surface area contributed by atoms with Gasteiger partial charge < -0.3 is 42.0 Å².